The molecule has 2 saturated heterocycles. The Morgan fingerprint density at radius 1 is 0.927 bits per heavy atom. The molecule has 1 aromatic heterocycles. The first-order chi connectivity index (χ1) is 19.9. The zero-order chi connectivity index (χ0) is 28.3. The first-order valence-electron chi connectivity index (χ1n) is 14.5. The lowest BCUT2D eigenvalue weighted by atomic mass is 9.99. The number of pyridine rings is 1. The van der Waals surface area contributed by atoms with Crippen LogP contribution in [0.25, 0.3) is 22.0 Å². The fourth-order valence-electron chi connectivity index (χ4n) is 6.11. The summed E-state index contributed by atoms with van der Waals surface area (Å²) in [7, 11) is 0. The third-order valence-corrected chi connectivity index (χ3v) is 8.89. The highest BCUT2D eigenvalue weighted by Gasteiger charge is 2.32. The number of likely N-dealkylation sites (tertiary alicyclic amines) is 2. The molecule has 1 atom stereocenters. The molecule has 0 unspecified atom stereocenters. The summed E-state index contributed by atoms with van der Waals surface area (Å²) in [5, 5.41) is 5.57. The van der Waals surface area contributed by atoms with Gasteiger partial charge in [0.15, 0.2) is 0 Å². The molecule has 0 radical (unpaired) electrons. The quantitative estimate of drug-likeness (QED) is 0.214. The summed E-state index contributed by atoms with van der Waals surface area (Å²) in [5.41, 5.74) is 11.2. The van der Waals surface area contributed by atoms with Crippen LogP contribution in [0.2, 0.25) is 10.0 Å². The Hall–Kier alpha value is -3.32. The summed E-state index contributed by atoms with van der Waals surface area (Å²) >= 11 is 12.5. The molecule has 2 aliphatic rings. The number of amides is 1. The number of nitrogens with one attached hydrogen (secondary N) is 1. The topological polar surface area (TPSA) is 74.5 Å². The number of fused-ring (bicyclic) bond motifs is 1. The van der Waals surface area contributed by atoms with E-state index in [0.717, 1.165) is 72.3 Å². The number of aromatic nitrogens is 1. The molecule has 6 rings (SSSR count). The summed E-state index contributed by atoms with van der Waals surface area (Å²) in [6.45, 7) is 4.63. The van der Waals surface area contributed by atoms with Crippen LogP contribution in [0.1, 0.15) is 41.6 Å². The fraction of sp³-hybridized carbons (Fsp3) is 0.333. The molecule has 2 fully saturated rings. The van der Waals surface area contributed by atoms with Crippen molar-refractivity contribution in [1.29, 1.82) is 0 Å². The standard InChI is InChI=1S/C33H35Cl2N5O/c34-25-9-5-23(30(35)19-25)13-14-37-32-20-29(33(41)40-17-3-4-27(40)21-39-15-1-2-16-39)28-18-24(8-12-31(28)38-32)22-6-10-26(36)11-7-22/h5-12,18-20,27H,1-4,13-17,21,36H2,(H,37,38)/t27-/m0/s1. The smallest absolute Gasteiger partial charge is 0.254 e. The van der Waals surface area contributed by atoms with E-state index in [4.69, 9.17) is 33.9 Å². The van der Waals surface area contributed by atoms with Crippen molar-refractivity contribution in [2.75, 3.05) is 43.8 Å². The lowest BCUT2D eigenvalue weighted by molar-refractivity contribution is 0.0710. The van der Waals surface area contributed by atoms with Gasteiger partial charge in [-0.05, 0) is 104 Å². The van der Waals surface area contributed by atoms with E-state index in [-0.39, 0.29) is 11.9 Å². The van der Waals surface area contributed by atoms with Crippen LogP contribution in [0.4, 0.5) is 11.5 Å². The van der Waals surface area contributed by atoms with Gasteiger partial charge >= 0.3 is 0 Å². The fourth-order valence-corrected chi connectivity index (χ4v) is 6.61. The molecule has 8 heteroatoms. The van der Waals surface area contributed by atoms with E-state index < -0.39 is 0 Å². The number of anilines is 2. The number of nitrogens with zero attached hydrogens (tertiary/aromatic N) is 3. The SMILES string of the molecule is Nc1ccc(-c2ccc3nc(NCCc4ccc(Cl)cc4Cl)cc(C(=O)N4CCC[C@H]4CN4CCCC4)c3c2)cc1. The molecule has 6 nitrogen and oxygen atoms in total. The van der Waals surface area contributed by atoms with Crippen LogP contribution in [0.3, 0.4) is 0 Å². The van der Waals surface area contributed by atoms with Gasteiger partial charge in [0.25, 0.3) is 5.91 Å². The molecular weight excluding hydrogens is 553 g/mol. The van der Waals surface area contributed by atoms with Gasteiger partial charge in [0, 0.05) is 46.8 Å². The largest absolute Gasteiger partial charge is 0.399 e. The Kier molecular flexibility index (Phi) is 8.33. The van der Waals surface area contributed by atoms with Crippen LogP contribution in [0.5, 0.6) is 0 Å². The predicted octanol–water partition coefficient (Wildman–Crippen LogP) is 7.15. The summed E-state index contributed by atoms with van der Waals surface area (Å²) < 4.78 is 0. The number of hydrogen-bond donors (Lipinski definition) is 2. The van der Waals surface area contributed by atoms with Gasteiger partial charge in [-0.25, -0.2) is 4.98 Å². The molecule has 1 amide bonds. The number of carbonyl (C=O) groups excluding carboxylic acids is 1. The van der Waals surface area contributed by atoms with Gasteiger partial charge in [0.1, 0.15) is 5.82 Å². The van der Waals surface area contributed by atoms with Gasteiger partial charge in [-0.2, -0.15) is 0 Å². The van der Waals surface area contributed by atoms with Crippen molar-refractivity contribution in [2.45, 2.75) is 38.1 Å². The summed E-state index contributed by atoms with van der Waals surface area (Å²) in [5.74, 6) is 0.763. The number of carbonyl (C=O) groups is 1. The van der Waals surface area contributed by atoms with Crippen LogP contribution in [-0.2, 0) is 6.42 Å². The minimum atomic E-state index is 0.0809. The molecule has 3 N–H and O–H groups in total. The molecule has 0 saturated carbocycles. The van der Waals surface area contributed by atoms with Gasteiger partial charge in [-0.3, -0.25) is 4.79 Å². The Balaban J connectivity index is 1.32. The molecule has 3 aromatic carbocycles. The van der Waals surface area contributed by atoms with Crippen LogP contribution in [0.15, 0.2) is 66.7 Å². The second-order valence-electron chi connectivity index (χ2n) is 11.1. The van der Waals surface area contributed by atoms with Crippen molar-refractivity contribution >= 4 is 51.5 Å². The maximum absolute atomic E-state index is 14.3. The second-order valence-corrected chi connectivity index (χ2v) is 12.0. The second kappa shape index (κ2) is 12.3. The van der Waals surface area contributed by atoms with E-state index in [1.165, 1.54) is 12.8 Å². The van der Waals surface area contributed by atoms with Crippen molar-refractivity contribution in [2.24, 2.45) is 0 Å². The van der Waals surface area contributed by atoms with E-state index >= 15 is 0 Å². The molecule has 0 bridgehead atoms. The first kappa shape index (κ1) is 27.8. The average Bonchev–Trinajstić information content (AvgIpc) is 3.66. The summed E-state index contributed by atoms with van der Waals surface area (Å²) in [6, 6.07) is 21.7. The summed E-state index contributed by atoms with van der Waals surface area (Å²) in [4.78, 5) is 23.8. The Morgan fingerprint density at radius 2 is 1.71 bits per heavy atom. The normalized spacial score (nSPS) is 17.4. The van der Waals surface area contributed by atoms with E-state index in [9.17, 15) is 4.79 Å². The molecule has 4 aromatic rings. The summed E-state index contributed by atoms with van der Waals surface area (Å²) in [6.07, 6.45) is 5.30. The zero-order valence-electron chi connectivity index (χ0n) is 23.1. The number of benzene rings is 3. The first-order valence-corrected chi connectivity index (χ1v) is 15.2. The highest BCUT2D eigenvalue weighted by atomic mass is 35.5. The highest BCUT2D eigenvalue weighted by Crippen LogP contribution is 2.31. The van der Waals surface area contributed by atoms with E-state index in [0.29, 0.717) is 34.4 Å². The van der Waals surface area contributed by atoms with Crippen LogP contribution in [0, 0.1) is 0 Å². The van der Waals surface area contributed by atoms with Gasteiger partial charge in [-0.1, -0.05) is 47.5 Å². The Labute approximate surface area is 251 Å². The van der Waals surface area contributed by atoms with E-state index in [1.54, 1.807) is 6.07 Å². The maximum Gasteiger partial charge on any atom is 0.254 e. The number of nitrogen functional groups attached to an aromatic ring is 1. The Morgan fingerprint density at radius 3 is 2.49 bits per heavy atom. The molecule has 212 valence electrons. The minimum absolute atomic E-state index is 0.0809. The third-order valence-electron chi connectivity index (χ3n) is 8.30. The van der Waals surface area contributed by atoms with Crippen molar-refractivity contribution in [3.63, 3.8) is 0 Å². The van der Waals surface area contributed by atoms with Gasteiger partial charge in [0.2, 0.25) is 0 Å². The predicted molar refractivity (Wildman–Crippen MR) is 170 cm³/mol. The van der Waals surface area contributed by atoms with Crippen LogP contribution < -0.4 is 11.1 Å². The van der Waals surface area contributed by atoms with Crippen LogP contribution in [-0.4, -0.2) is 59.5 Å². The molecule has 0 aliphatic carbocycles. The number of halogens is 2. The lowest BCUT2D eigenvalue weighted by Gasteiger charge is -2.29. The molecular formula is C33H35Cl2N5O. The maximum atomic E-state index is 14.3. The van der Waals surface area contributed by atoms with Crippen molar-refractivity contribution in [3.8, 4) is 11.1 Å². The van der Waals surface area contributed by atoms with Crippen LogP contribution >= 0.6 is 23.2 Å². The highest BCUT2D eigenvalue weighted by molar-refractivity contribution is 6.35. The molecule has 3 heterocycles. The number of rotatable bonds is 8. The molecule has 0 spiro atoms. The zero-order valence-corrected chi connectivity index (χ0v) is 24.6. The van der Waals surface area contributed by atoms with E-state index in [1.807, 2.05) is 48.5 Å². The van der Waals surface area contributed by atoms with Crippen molar-refractivity contribution < 1.29 is 4.79 Å². The number of nitrogens with two attached hydrogens (primary N) is 1. The monoisotopic (exact) mass is 587 g/mol. The molecule has 2 aliphatic heterocycles. The lowest BCUT2D eigenvalue weighted by Crippen LogP contribution is -2.42. The van der Waals surface area contributed by atoms with Crippen molar-refractivity contribution in [1.82, 2.24) is 14.8 Å². The third kappa shape index (κ3) is 6.30. The number of hydrogen-bond acceptors (Lipinski definition) is 5. The van der Waals surface area contributed by atoms with Gasteiger partial charge < -0.3 is 20.9 Å². The van der Waals surface area contributed by atoms with E-state index in [2.05, 4.69) is 27.2 Å². The minimum Gasteiger partial charge on any atom is -0.399 e. The average molecular weight is 589 g/mol. The Bertz CT molecular complexity index is 1550. The van der Waals surface area contributed by atoms with Crippen molar-refractivity contribution in [3.05, 3.63) is 87.9 Å². The molecule has 41 heavy (non-hydrogen) atoms. The van der Waals surface area contributed by atoms with Gasteiger partial charge in [-0.15, -0.1) is 0 Å². The van der Waals surface area contributed by atoms with Gasteiger partial charge in [0.05, 0.1) is 11.1 Å².